The molecule has 0 aliphatic carbocycles. The molecule has 3 rings (SSSR count). The van der Waals surface area contributed by atoms with Gasteiger partial charge in [-0.1, -0.05) is 30.7 Å². The largest absolute Gasteiger partial charge is 0.484 e. The molecule has 1 N–H and O–H groups in total. The van der Waals surface area contributed by atoms with Gasteiger partial charge in [-0.2, -0.15) is 14.9 Å². The van der Waals surface area contributed by atoms with Gasteiger partial charge in [0.05, 0.1) is 11.2 Å². The number of benzene rings is 1. The van der Waals surface area contributed by atoms with E-state index in [2.05, 4.69) is 15.3 Å². The minimum Gasteiger partial charge on any atom is -0.484 e. The molecule has 0 radical (unpaired) electrons. The van der Waals surface area contributed by atoms with Crippen molar-refractivity contribution in [2.24, 2.45) is 5.10 Å². The summed E-state index contributed by atoms with van der Waals surface area (Å²) in [4.78, 5) is 0. The van der Waals surface area contributed by atoms with Gasteiger partial charge in [0.2, 0.25) is 4.77 Å². The monoisotopic (exact) mass is 376 g/mol. The van der Waals surface area contributed by atoms with Gasteiger partial charge in [0.1, 0.15) is 23.9 Å². The summed E-state index contributed by atoms with van der Waals surface area (Å²) in [5, 5.41) is 11.7. The van der Waals surface area contributed by atoms with E-state index in [9.17, 15) is 0 Å². The number of hydrogen-bond donors (Lipinski definition) is 1. The third-order valence-corrected chi connectivity index (χ3v) is 4.10. The van der Waals surface area contributed by atoms with Crippen LogP contribution in [0.2, 0.25) is 5.02 Å². The fourth-order valence-electron chi connectivity index (χ4n) is 2.27. The molecule has 2 aromatic heterocycles. The Morgan fingerprint density at radius 1 is 1.40 bits per heavy atom. The van der Waals surface area contributed by atoms with Gasteiger partial charge < -0.3 is 9.15 Å². The fourth-order valence-corrected chi connectivity index (χ4v) is 2.75. The molecule has 6 nitrogen and oxygen atoms in total. The molecule has 3 aromatic rings. The summed E-state index contributed by atoms with van der Waals surface area (Å²) in [6.45, 7) is 4.21. The number of rotatable bonds is 6. The lowest BCUT2D eigenvalue weighted by Gasteiger charge is -2.09. The van der Waals surface area contributed by atoms with Crippen LogP contribution >= 0.6 is 23.8 Å². The molecule has 0 saturated carbocycles. The Morgan fingerprint density at radius 2 is 2.24 bits per heavy atom. The number of ether oxygens (including phenoxy) is 1. The Bertz CT molecular complexity index is 937. The van der Waals surface area contributed by atoms with Crippen LogP contribution in [-0.2, 0) is 13.0 Å². The first kappa shape index (κ1) is 17.4. The predicted molar refractivity (Wildman–Crippen MR) is 99.0 cm³/mol. The highest BCUT2D eigenvalue weighted by Gasteiger charge is 2.08. The van der Waals surface area contributed by atoms with Gasteiger partial charge in [0.25, 0.3) is 0 Å². The van der Waals surface area contributed by atoms with Crippen LogP contribution in [-0.4, -0.2) is 21.1 Å². The summed E-state index contributed by atoms with van der Waals surface area (Å²) in [6, 6.07) is 9.28. The van der Waals surface area contributed by atoms with Crippen molar-refractivity contribution in [3.63, 3.8) is 0 Å². The van der Waals surface area contributed by atoms with Crippen molar-refractivity contribution in [3.05, 3.63) is 63.0 Å². The smallest absolute Gasteiger partial charge is 0.216 e. The highest BCUT2D eigenvalue weighted by atomic mass is 35.5. The summed E-state index contributed by atoms with van der Waals surface area (Å²) < 4.78 is 13.5. The molecule has 0 aliphatic heterocycles. The van der Waals surface area contributed by atoms with Gasteiger partial charge in [0.15, 0.2) is 5.82 Å². The Hall–Kier alpha value is -2.38. The van der Waals surface area contributed by atoms with Crippen LogP contribution in [0.3, 0.4) is 0 Å². The van der Waals surface area contributed by atoms with E-state index in [0.717, 1.165) is 17.8 Å². The summed E-state index contributed by atoms with van der Waals surface area (Å²) in [5.74, 6) is 2.69. The van der Waals surface area contributed by atoms with Crippen LogP contribution in [0.4, 0.5) is 0 Å². The van der Waals surface area contributed by atoms with Crippen LogP contribution in [0, 0.1) is 11.7 Å². The molecule has 25 heavy (non-hydrogen) atoms. The number of nitrogens with zero attached hydrogens (tertiary/aromatic N) is 3. The normalized spacial score (nSPS) is 11.3. The highest BCUT2D eigenvalue weighted by molar-refractivity contribution is 7.71. The van der Waals surface area contributed by atoms with Crippen LogP contribution in [0.1, 0.15) is 29.8 Å². The standard InChI is InChI=1S/C17H17ClN4O2S/c1-3-15-20-21-17(25)22(15)19-9-12-7-8-13(24-12)10-23-16-11(2)5-4-6-14(16)18/h4-9H,3,10H2,1-2H3,(H,21,25). The Morgan fingerprint density at radius 3 is 3.00 bits per heavy atom. The van der Waals surface area contributed by atoms with Crippen LogP contribution in [0.15, 0.2) is 39.9 Å². The number of para-hydroxylation sites is 1. The van der Waals surface area contributed by atoms with Crippen molar-refractivity contribution in [2.45, 2.75) is 26.9 Å². The number of nitrogens with one attached hydrogen (secondary N) is 1. The lowest BCUT2D eigenvalue weighted by Crippen LogP contribution is -1.97. The number of aryl methyl sites for hydroxylation is 2. The topological polar surface area (TPSA) is 68.3 Å². The molecule has 8 heteroatoms. The molecule has 1 aromatic carbocycles. The molecule has 2 heterocycles. The van der Waals surface area contributed by atoms with E-state index in [-0.39, 0.29) is 6.61 Å². The van der Waals surface area contributed by atoms with Gasteiger partial charge >= 0.3 is 0 Å². The maximum absolute atomic E-state index is 6.15. The predicted octanol–water partition coefficient (Wildman–Crippen LogP) is 4.52. The average Bonchev–Trinajstić information content (AvgIpc) is 3.19. The van der Waals surface area contributed by atoms with E-state index in [4.69, 9.17) is 33.0 Å². The molecule has 0 bridgehead atoms. The molecule has 130 valence electrons. The van der Waals surface area contributed by atoms with Crippen molar-refractivity contribution in [2.75, 3.05) is 0 Å². The molecule has 0 saturated heterocycles. The molecule has 0 unspecified atom stereocenters. The van der Waals surface area contributed by atoms with Crippen LogP contribution in [0.5, 0.6) is 5.75 Å². The van der Waals surface area contributed by atoms with Gasteiger partial charge in [-0.15, -0.1) is 0 Å². The second kappa shape index (κ2) is 7.67. The summed E-state index contributed by atoms with van der Waals surface area (Å²) in [7, 11) is 0. The van der Waals surface area contributed by atoms with E-state index in [1.807, 2.05) is 38.1 Å². The second-order valence-electron chi connectivity index (χ2n) is 5.33. The second-order valence-corrected chi connectivity index (χ2v) is 6.13. The van der Waals surface area contributed by atoms with Crippen molar-refractivity contribution < 1.29 is 9.15 Å². The van der Waals surface area contributed by atoms with Crippen molar-refractivity contribution >= 4 is 30.0 Å². The quantitative estimate of drug-likeness (QED) is 0.507. The van der Waals surface area contributed by atoms with E-state index < -0.39 is 0 Å². The van der Waals surface area contributed by atoms with Gasteiger partial charge in [-0.3, -0.25) is 5.10 Å². The molecule has 0 spiro atoms. The number of furan rings is 1. The number of aromatic nitrogens is 3. The maximum Gasteiger partial charge on any atom is 0.216 e. The van der Waals surface area contributed by atoms with Crippen molar-refractivity contribution in [1.29, 1.82) is 0 Å². The van der Waals surface area contributed by atoms with Crippen molar-refractivity contribution in [1.82, 2.24) is 14.9 Å². The number of hydrogen-bond acceptors (Lipinski definition) is 5. The molecule has 0 fully saturated rings. The van der Waals surface area contributed by atoms with Gasteiger partial charge in [0, 0.05) is 6.42 Å². The number of aromatic amines is 1. The lowest BCUT2D eigenvalue weighted by atomic mass is 10.2. The molecular formula is C17H17ClN4O2S. The van der Waals surface area contributed by atoms with E-state index in [0.29, 0.717) is 27.1 Å². The summed E-state index contributed by atoms with van der Waals surface area (Å²) in [6.07, 6.45) is 2.31. The SMILES string of the molecule is CCc1n[nH]c(=S)n1N=Cc1ccc(COc2c(C)cccc2Cl)o1. The van der Waals surface area contributed by atoms with E-state index in [1.165, 1.54) is 0 Å². The first-order valence-corrected chi connectivity index (χ1v) is 8.54. The number of H-pyrrole nitrogens is 1. The van der Waals surface area contributed by atoms with Crippen molar-refractivity contribution in [3.8, 4) is 5.75 Å². The Balaban J connectivity index is 1.69. The fraction of sp³-hybridized carbons (Fsp3) is 0.235. The van der Waals surface area contributed by atoms with E-state index >= 15 is 0 Å². The zero-order valence-corrected chi connectivity index (χ0v) is 15.4. The Kier molecular flexibility index (Phi) is 5.35. The molecule has 0 atom stereocenters. The molecule has 0 amide bonds. The first-order chi connectivity index (χ1) is 12.1. The molecule has 0 aliphatic rings. The summed E-state index contributed by atoms with van der Waals surface area (Å²) >= 11 is 11.3. The third kappa shape index (κ3) is 4.00. The maximum atomic E-state index is 6.15. The van der Waals surface area contributed by atoms with Gasteiger partial charge in [-0.25, -0.2) is 0 Å². The minimum absolute atomic E-state index is 0.282. The van der Waals surface area contributed by atoms with E-state index in [1.54, 1.807) is 17.0 Å². The lowest BCUT2D eigenvalue weighted by molar-refractivity contribution is 0.268. The Labute approximate surface area is 155 Å². The zero-order valence-electron chi connectivity index (χ0n) is 13.8. The van der Waals surface area contributed by atoms with Gasteiger partial charge in [-0.05, 0) is 42.9 Å². The average molecular weight is 377 g/mol. The minimum atomic E-state index is 0.282. The number of halogens is 1. The molecular weight excluding hydrogens is 360 g/mol. The third-order valence-electron chi connectivity index (χ3n) is 3.54. The summed E-state index contributed by atoms with van der Waals surface area (Å²) in [5.41, 5.74) is 0.974. The zero-order chi connectivity index (χ0) is 17.8. The first-order valence-electron chi connectivity index (χ1n) is 7.75. The van der Waals surface area contributed by atoms with Crippen LogP contribution < -0.4 is 4.74 Å². The highest BCUT2D eigenvalue weighted by Crippen LogP contribution is 2.28. The van der Waals surface area contributed by atoms with Crippen LogP contribution in [0.25, 0.3) is 0 Å².